The van der Waals surface area contributed by atoms with E-state index in [0.29, 0.717) is 18.1 Å². The minimum absolute atomic E-state index is 0.199. The highest BCUT2D eigenvalue weighted by atomic mass is 16.6. The number of ether oxygens (including phenoxy) is 1. The first-order chi connectivity index (χ1) is 9.26. The lowest BCUT2D eigenvalue weighted by Crippen LogP contribution is -2.66. The minimum atomic E-state index is -0.411. The quantitative estimate of drug-likeness (QED) is 0.845. The van der Waals surface area contributed by atoms with Crippen LogP contribution < -0.4 is 5.43 Å². The summed E-state index contributed by atoms with van der Waals surface area (Å²) in [5.74, 6) is 0. The second-order valence-electron chi connectivity index (χ2n) is 7.25. The number of hydrazine groups is 1. The number of nitrogens with one attached hydrogen (secondary N) is 1. The molecule has 1 amide bonds. The molecular weight excluding hydrogens is 254 g/mol. The molecule has 5 heteroatoms. The van der Waals surface area contributed by atoms with Crippen molar-refractivity contribution in [2.45, 2.75) is 77.6 Å². The molecule has 116 valence electrons. The number of likely N-dealkylation sites (tertiary alicyclic amines) is 1. The van der Waals surface area contributed by atoms with E-state index in [2.05, 4.69) is 24.3 Å². The zero-order valence-corrected chi connectivity index (χ0v) is 13.5. The van der Waals surface area contributed by atoms with Crippen LogP contribution in [0.25, 0.3) is 0 Å². The monoisotopic (exact) mass is 283 g/mol. The number of amides is 1. The first-order valence-electron chi connectivity index (χ1n) is 7.78. The third kappa shape index (κ3) is 3.85. The SMILES string of the molecule is CC1CCCC(C)N1NC1CN(C(=O)OC(C)(C)C)C1. The van der Waals surface area contributed by atoms with E-state index in [0.717, 1.165) is 13.1 Å². The molecule has 0 aromatic heterocycles. The summed E-state index contributed by atoms with van der Waals surface area (Å²) in [6.07, 6.45) is 3.62. The van der Waals surface area contributed by atoms with Crippen molar-refractivity contribution in [2.75, 3.05) is 13.1 Å². The maximum absolute atomic E-state index is 11.9. The van der Waals surface area contributed by atoms with Crippen LogP contribution in [-0.2, 0) is 4.74 Å². The molecule has 0 spiro atoms. The molecule has 5 nitrogen and oxygen atoms in total. The van der Waals surface area contributed by atoms with Gasteiger partial charge in [0.2, 0.25) is 0 Å². The predicted octanol–water partition coefficient (Wildman–Crippen LogP) is 2.37. The van der Waals surface area contributed by atoms with Crippen LogP contribution in [0.3, 0.4) is 0 Å². The Morgan fingerprint density at radius 2 is 1.70 bits per heavy atom. The van der Waals surface area contributed by atoms with Gasteiger partial charge in [-0.2, -0.15) is 0 Å². The van der Waals surface area contributed by atoms with E-state index in [4.69, 9.17) is 4.74 Å². The van der Waals surface area contributed by atoms with Crippen molar-refractivity contribution in [3.8, 4) is 0 Å². The molecule has 20 heavy (non-hydrogen) atoms. The van der Waals surface area contributed by atoms with Gasteiger partial charge in [0.15, 0.2) is 0 Å². The molecule has 1 N–H and O–H groups in total. The molecule has 0 saturated carbocycles. The summed E-state index contributed by atoms with van der Waals surface area (Å²) in [7, 11) is 0. The fourth-order valence-corrected chi connectivity index (χ4v) is 2.92. The maximum Gasteiger partial charge on any atom is 0.410 e. The zero-order valence-electron chi connectivity index (χ0n) is 13.5. The maximum atomic E-state index is 11.9. The average molecular weight is 283 g/mol. The standard InChI is InChI=1S/C15H29N3O2/c1-11-7-6-8-12(2)18(11)16-13-9-17(10-13)14(19)20-15(3,4)5/h11-13,16H,6-10H2,1-5H3. The smallest absolute Gasteiger partial charge is 0.410 e. The second kappa shape index (κ2) is 5.90. The molecule has 2 atom stereocenters. The van der Waals surface area contributed by atoms with Gasteiger partial charge in [0.1, 0.15) is 5.60 Å². The van der Waals surface area contributed by atoms with E-state index in [-0.39, 0.29) is 6.09 Å². The normalized spacial score (nSPS) is 29.1. The number of piperidine rings is 1. The Kier molecular flexibility index (Phi) is 4.59. The molecule has 2 heterocycles. The summed E-state index contributed by atoms with van der Waals surface area (Å²) in [5.41, 5.74) is 3.18. The largest absolute Gasteiger partial charge is 0.444 e. The van der Waals surface area contributed by atoms with Crippen molar-refractivity contribution >= 4 is 6.09 Å². The van der Waals surface area contributed by atoms with Crippen molar-refractivity contribution in [1.29, 1.82) is 0 Å². The lowest BCUT2D eigenvalue weighted by Gasteiger charge is -2.47. The Hall–Kier alpha value is -0.810. The van der Waals surface area contributed by atoms with Gasteiger partial charge in [0.25, 0.3) is 0 Å². The zero-order chi connectivity index (χ0) is 14.9. The first kappa shape index (κ1) is 15.6. The topological polar surface area (TPSA) is 44.8 Å². The van der Waals surface area contributed by atoms with Gasteiger partial charge >= 0.3 is 6.09 Å². The van der Waals surface area contributed by atoms with E-state index >= 15 is 0 Å². The molecule has 2 saturated heterocycles. The third-order valence-corrected chi connectivity index (χ3v) is 4.06. The fraction of sp³-hybridized carbons (Fsp3) is 0.933. The van der Waals surface area contributed by atoms with Gasteiger partial charge in [0, 0.05) is 25.2 Å². The molecule has 2 aliphatic rings. The molecule has 0 radical (unpaired) electrons. The van der Waals surface area contributed by atoms with Crippen molar-refractivity contribution in [1.82, 2.24) is 15.3 Å². The van der Waals surface area contributed by atoms with Crippen LogP contribution in [0.2, 0.25) is 0 Å². The highest BCUT2D eigenvalue weighted by molar-refractivity contribution is 5.69. The van der Waals surface area contributed by atoms with Crippen LogP contribution in [-0.4, -0.2) is 52.8 Å². The van der Waals surface area contributed by atoms with Crippen molar-refractivity contribution in [3.05, 3.63) is 0 Å². The minimum Gasteiger partial charge on any atom is -0.444 e. The number of carbonyl (C=O) groups is 1. The lowest BCUT2D eigenvalue weighted by molar-refractivity contribution is -0.0274. The Morgan fingerprint density at radius 1 is 1.15 bits per heavy atom. The van der Waals surface area contributed by atoms with E-state index in [1.807, 2.05) is 20.8 Å². The van der Waals surface area contributed by atoms with Gasteiger partial charge in [-0.05, 0) is 47.5 Å². The van der Waals surface area contributed by atoms with Crippen molar-refractivity contribution < 1.29 is 9.53 Å². The Balaban J connectivity index is 1.75. The van der Waals surface area contributed by atoms with Crippen LogP contribution in [0.5, 0.6) is 0 Å². The lowest BCUT2D eigenvalue weighted by atomic mass is 9.99. The number of rotatable bonds is 2. The van der Waals surface area contributed by atoms with Gasteiger partial charge in [-0.1, -0.05) is 6.42 Å². The Labute approximate surface area is 122 Å². The second-order valence-corrected chi connectivity index (χ2v) is 7.25. The Morgan fingerprint density at radius 3 is 2.20 bits per heavy atom. The molecular formula is C15H29N3O2. The van der Waals surface area contributed by atoms with E-state index < -0.39 is 5.60 Å². The van der Waals surface area contributed by atoms with Crippen LogP contribution in [0.15, 0.2) is 0 Å². The fourth-order valence-electron chi connectivity index (χ4n) is 2.92. The van der Waals surface area contributed by atoms with Crippen molar-refractivity contribution in [3.63, 3.8) is 0 Å². The van der Waals surface area contributed by atoms with Gasteiger partial charge in [-0.3, -0.25) is 0 Å². The van der Waals surface area contributed by atoms with Gasteiger partial charge in [0.05, 0.1) is 6.04 Å². The number of nitrogens with zero attached hydrogens (tertiary/aromatic N) is 2. The Bertz CT molecular complexity index is 338. The summed E-state index contributed by atoms with van der Waals surface area (Å²) in [4.78, 5) is 13.6. The summed E-state index contributed by atoms with van der Waals surface area (Å²) in [6.45, 7) is 11.7. The van der Waals surface area contributed by atoms with Crippen LogP contribution >= 0.6 is 0 Å². The number of hydrogen-bond acceptors (Lipinski definition) is 4. The molecule has 0 aromatic rings. The van der Waals surface area contributed by atoms with E-state index in [9.17, 15) is 4.79 Å². The highest BCUT2D eigenvalue weighted by Crippen LogP contribution is 2.22. The predicted molar refractivity (Wildman–Crippen MR) is 79.3 cm³/mol. The molecule has 0 aliphatic carbocycles. The van der Waals surface area contributed by atoms with Gasteiger partial charge < -0.3 is 9.64 Å². The highest BCUT2D eigenvalue weighted by Gasteiger charge is 2.36. The summed E-state index contributed by atoms with van der Waals surface area (Å²) in [6, 6.07) is 1.52. The molecule has 0 aromatic carbocycles. The van der Waals surface area contributed by atoms with E-state index in [1.54, 1.807) is 4.90 Å². The van der Waals surface area contributed by atoms with Crippen molar-refractivity contribution in [2.24, 2.45) is 0 Å². The number of carbonyl (C=O) groups excluding carboxylic acids is 1. The molecule has 2 fully saturated rings. The molecule has 2 unspecified atom stereocenters. The van der Waals surface area contributed by atoms with Crippen LogP contribution in [0.1, 0.15) is 53.9 Å². The molecule has 2 aliphatic heterocycles. The van der Waals surface area contributed by atoms with Gasteiger partial charge in [-0.15, -0.1) is 0 Å². The van der Waals surface area contributed by atoms with Crippen LogP contribution in [0, 0.1) is 0 Å². The van der Waals surface area contributed by atoms with E-state index in [1.165, 1.54) is 19.3 Å². The number of hydrogen-bond donors (Lipinski definition) is 1. The summed E-state index contributed by atoms with van der Waals surface area (Å²) in [5, 5.41) is 2.38. The summed E-state index contributed by atoms with van der Waals surface area (Å²) < 4.78 is 5.37. The average Bonchev–Trinajstić information content (AvgIpc) is 2.23. The molecule has 0 bridgehead atoms. The van der Waals surface area contributed by atoms with Crippen LogP contribution in [0.4, 0.5) is 4.79 Å². The summed E-state index contributed by atoms with van der Waals surface area (Å²) >= 11 is 0. The third-order valence-electron chi connectivity index (χ3n) is 4.06. The molecule has 2 rings (SSSR count). The first-order valence-corrected chi connectivity index (χ1v) is 7.78. The van der Waals surface area contributed by atoms with Gasteiger partial charge in [-0.25, -0.2) is 15.2 Å².